The van der Waals surface area contributed by atoms with Gasteiger partial charge in [-0.2, -0.15) is 0 Å². The highest BCUT2D eigenvalue weighted by Gasteiger charge is 2.32. The number of benzene rings is 1. The van der Waals surface area contributed by atoms with Crippen LogP contribution in [-0.4, -0.2) is 43.2 Å². The predicted octanol–water partition coefficient (Wildman–Crippen LogP) is 2.29. The third kappa shape index (κ3) is 5.27. The van der Waals surface area contributed by atoms with Crippen molar-refractivity contribution in [1.29, 1.82) is 0 Å². The highest BCUT2D eigenvalue weighted by Crippen LogP contribution is 2.25. The number of carbonyl (C=O) groups is 1. The number of hydrogen-bond donors (Lipinski definition) is 2. The van der Waals surface area contributed by atoms with Crippen LogP contribution in [0.15, 0.2) is 24.3 Å². The summed E-state index contributed by atoms with van der Waals surface area (Å²) in [5.41, 5.74) is 7.82. The van der Waals surface area contributed by atoms with Gasteiger partial charge in [0.15, 0.2) is 0 Å². The zero-order chi connectivity index (χ0) is 18.3. The first-order valence-electron chi connectivity index (χ1n) is 9.43. The summed E-state index contributed by atoms with van der Waals surface area (Å²) in [6.07, 6.45) is 1.83. The predicted molar refractivity (Wildman–Crippen MR) is 101 cm³/mol. The molecule has 1 aliphatic rings. The van der Waals surface area contributed by atoms with Crippen LogP contribution in [0.25, 0.3) is 0 Å². The second kappa shape index (κ2) is 9.32. The van der Waals surface area contributed by atoms with E-state index in [4.69, 9.17) is 10.5 Å². The lowest BCUT2D eigenvalue weighted by Gasteiger charge is -2.31. The number of hydrogen-bond acceptors (Lipinski definition) is 4. The minimum Gasteiger partial charge on any atom is -0.376 e. The number of ether oxygens (including phenoxy) is 1. The van der Waals surface area contributed by atoms with Gasteiger partial charge in [0.25, 0.3) is 0 Å². The van der Waals surface area contributed by atoms with Gasteiger partial charge >= 0.3 is 0 Å². The Kier molecular flexibility index (Phi) is 7.41. The van der Waals surface area contributed by atoms with E-state index in [9.17, 15) is 4.79 Å². The maximum Gasteiger partial charge on any atom is 0.227 e. The van der Waals surface area contributed by atoms with Crippen molar-refractivity contribution in [3.05, 3.63) is 35.4 Å². The van der Waals surface area contributed by atoms with Crippen molar-refractivity contribution in [3.63, 3.8) is 0 Å². The third-order valence-corrected chi connectivity index (χ3v) is 5.40. The molecule has 1 amide bonds. The molecule has 0 spiro atoms. The molecule has 1 aromatic carbocycles. The van der Waals surface area contributed by atoms with Gasteiger partial charge in [-0.15, -0.1) is 0 Å². The fourth-order valence-electron chi connectivity index (χ4n) is 3.45. The molecular formula is C20H33N3O2. The molecular weight excluding hydrogens is 314 g/mol. The molecule has 0 bridgehead atoms. The number of amides is 1. The minimum absolute atomic E-state index is 0.0624. The first-order chi connectivity index (χ1) is 12.0. The molecule has 1 aliphatic heterocycles. The average Bonchev–Trinajstić information content (AvgIpc) is 2.62. The second-order valence-electron chi connectivity index (χ2n) is 7.11. The Balaban J connectivity index is 1.93. The van der Waals surface area contributed by atoms with Crippen LogP contribution in [-0.2, 0) is 22.6 Å². The van der Waals surface area contributed by atoms with Crippen LogP contribution < -0.4 is 11.1 Å². The highest BCUT2D eigenvalue weighted by molar-refractivity contribution is 5.82. The summed E-state index contributed by atoms with van der Waals surface area (Å²) in [5, 5.41) is 3.08. The molecule has 0 saturated carbocycles. The molecule has 0 aliphatic carbocycles. The molecule has 1 atom stereocenters. The SMILES string of the molecule is CCC(CC)(CN)C(=O)NCc1cccc(CN2CCOC(C)C2)c1. The van der Waals surface area contributed by atoms with E-state index in [-0.39, 0.29) is 5.91 Å². The molecule has 140 valence electrons. The zero-order valence-electron chi connectivity index (χ0n) is 15.9. The van der Waals surface area contributed by atoms with E-state index in [1.54, 1.807) is 0 Å². The Morgan fingerprint density at radius 1 is 1.36 bits per heavy atom. The van der Waals surface area contributed by atoms with E-state index in [0.717, 1.165) is 44.6 Å². The van der Waals surface area contributed by atoms with E-state index in [2.05, 4.69) is 41.4 Å². The van der Waals surface area contributed by atoms with Gasteiger partial charge in [0.05, 0.1) is 18.1 Å². The molecule has 1 aromatic rings. The van der Waals surface area contributed by atoms with Crippen LogP contribution in [0.4, 0.5) is 0 Å². The summed E-state index contributed by atoms with van der Waals surface area (Å²) in [6.45, 7) is 10.8. The van der Waals surface area contributed by atoms with Crippen molar-refractivity contribution in [2.24, 2.45) is 11.1 Å². The summed E-state index contributed by atoms with van der Waals surface area (Å²) in [4.78, 5) is 15.0. The smallest absolute Gasteiger partial charge is 0.227 e. The van der Waals surface area contributed by atoms with Crippen molar-refractivity contribution in [2.75, 3.05) is 26.2 Å². The molecule has 25 heavy (non-hydrogen) atoms. The van der Waals surface area contributed by atoms with Gasteiger partial charge in [-0.25, -0.2) is 0 Å². The minimum atomic E-state index is -0.443. The molecule has 0 aromatic heterocycles. The Bertz CT molecular complexity index is 549. The number of nitrogens with zero attached hydrogens (tertiary/aromatic N) is 1. The van der Waals surface area contributed by atoms with E-state index in [1.807, 2.05) is 13.8 Å². The van der Waals surface area contributed by atoms with E-state index in [0.29, 0.717) is 19.2 Å². The Hall–Kier alpha value is -1.43. The molecule has 5 heteroatoms. The Morgan fingerprint density at radius 2 is 2.08 bits per heavy atom. The second-order valence-corrected chi connectivity index (χ2v) is 7.11. The summed E-state index contributed by atoms with van der Waals surface area (Å²) >= 11 is 0. The van der Waals surface area contributed by atoms with Crippen molar-refractivity contribution in [2.45, 2.75) is 52.8 Å². The topological polar surface area (TPSA) is 67.6 Å². The first kappa shape index (κ1) is 19.9. The molecule has 3 N–H and O–H groups in total. The van der Waals surface area contributed by atoms with E-state index in [1.165, 1.54) is 5.56 Å². The van der Waals surface area contributed by atoms with Crippen molar-refractivity contribution >= 4 is 5.91 Å². The van der Waals surface area contributed by atoms with Gasteiger partial charge < -0.3 is 15.8 Å². The third-order valence-electron chi connectivity index (χ3n) is 5.40. The maximum absolute atomic E-state index is 12.6. The summed E-state index contributed by atoms with van der Waals surface area (Å²) in [6, 6.07) is 8.46. The lowest BCUT2D eigenvalue weighted by atomic mass is 9.81. The van der Waals surface area contributed by atoms with Gasteiger partial charge in [-0.05, 0) is 30.9 Å². The van der Waals surface area contributed by atoms with Gasteiger partial charge in [0.1, 0.15) is 0 Å². The molecule has 2 rings (SSSR count). The Labute approximate surface area is 151 Å². The van der Waals surface area contributed by atoms with E-state index >= 15 is 0 Å². The molecule has 1 heterocycles. The quantitative estimate of drug-likeness (QED) is 0.757. The van der Waals surface area contributed by atoms with Gasteiger partial charge in [0, 0.05) is 32.7 Å². The molecule has 5 nitrogen and oxygen atoms in total. The van der Waals surface area contributed by atoms with Crippen LogP contribution in [0.3, 0.4) is 0 Å². The van der Waals surface area contributed by atoms with Crippen molar-refractivity contribution < 1.29 is 9.53 Å². The largest absolute Gasteiger partial charge is 0.376 e. The molecule has 1 unspecified atom stereocenters. The van der Waals surface area contributed by atoms with Crippen LogP contribution >= 0.6 is 0 Å². The number of morpholine rings is 1. The molecule has 1 fully saturated rings. The van der Waals surface area contributed by atoms with Crippen LogP contribution in [0.5, 0.6) is 0 Å². The van der Waals surface area contributed by atoms with Crippen molar-refractivity contribution in [3.8, 4) is 0 Å². The normalized spacial score (nSPS) is 19.0. The van der Waals surface area contributed by atoms with Gasteiger partial charge in [-0.1, -0.05) is 38.1 Å². The summed E-state index contributed by atoms with van der Waals surface area (Å²) in [7, 11) is 0. The van der Waals surface area contributed by atoms with Crippen LogP contribution in [0, 0.1) is 5.41 Å². The van der Waals surface area contributed by atoms with Crippen LogP contribution in [0.2, 0.25) is 0 Å². The summed E-state index contributed by atoms with van der Waals surface area (Å²) < 4.78 is 5.60. The van der Waals surface area contributed by atoms with Crippen molar-refractivity contribution in [1.82, 2.24) is 10.2 Å². The summed E-state index contributed by atoms with van der Waals surface area (Å²) in [5.74, 6) is 0.0624. The number of rotatable bonds is 8. The Morgan fingerprint density at radius 3 is 2.72 bits per heavy atom. The number of nitrogens with two attached hydrogens (primary N) is 1. The lowest BCUT2D eigenvalue weighted by Crippen LogP contribution is -2.45. The number of carbonyl (C=O) groups excluding carboxylic acids is 1. The lowest BCUT2D eigenvalue weighted by molar-refractivity contribution is -0.131. The first-order valence-corrected chi connectivity index (χ1v) is 9.43. The van der Waals surface area contributed by atoms with Gasteiger partial charge in [0.2, 0.25) is 5.91 Å². The van der Waals surface area contributed by atoms with Gasteiger partial charge in [-0.3, -0.25) is 9.69 Å². The fraction of sp³-hybridized carbons (Fsp3) is 0.650. The average molecular weight is 348 g/mol. The van der Waals surface area contributed by atoms with E-state index < -0.39 is 5.41 Å². The molecule has 1 saturated heterocycles. The maximum atomic E-state index is 12.6. The highest BCUT2D eigenvalue weighted by atomic mass is 16.5. The number of nitrogens with one attached hydrogen (secondary N) is 1. The van der Waals surface area contributed by atoms with Crippen LogP contribution in [0.1, 0.15) is 44.7 Å². The monoisotopic (exact) mass is 347 g/mol. The fourth-order valence-corrected chi connectivity index (χ4v) is 3.45. The standard InChI is InChI=1S/C20H33N3O2/c1-4-20(5-2,15-21)19(24)22-12-17-7-6-8-18(11-17)14-23-9-10-25-16(3)13-23/h6-8,11,16H,4-5,9-10,12-15,21H2,1-3H3,(H,22,24). The molecule has 0 radical (unpaired) electrons. The zero-order valence-corrected chi connectivity index (χ0v) is 15.9.